The first-order valence-corrected chi connectivity index (χ1v) is 5.66. The van der Waals surface area contributed by atoms with Gasteiger partial charge in [0.05, 0.1) is 0 Å². The van der Waals surface area contributed by atoms with Crippen molar-refractivity contribution < 1.29 is 0 Å². The molecule has 0 N–H and O–H groups in total. The zero-order chi connectivity index (χ0) is 11.9. The molecule has 1 rings (SSSR count). The fourth-order valence-corrected chi connectivity index (χ4v) is 2.20. The molecule has 83 valence electrons. The highest BCUT2D eigenvalue weighted by Crippen LogP contribution is 2.35. The van der Waals surface area contributed by atoms with Crippen LogP contribution in [0.15, 0.2) is 12.1 Å². The third-order valence-corrected chi connectivity index (χ3v) is 2.75. The summed E-state index contributed by atoms with van der Waals surface area (Å²) in [6, 6.07) is 7.58. The van der Waals surface area contributed by atoms with Gasteiger partial charge in [-0.05, 0) is 40.5 Å². The summed E-state index contributed by atoms with van der Waals surface area (Å²) >= 11 is 0. The quantitative estimate of drug-likeness (QED) is 0.586. The molecule has 0 spiro atoms. The number of hydrogen-bond donors (Lipinski definition) is 0. The van der Waals surface area contributed by atoms with Crippen molar-refractivity contribution in [3.63, 3.8) is 0 Å². The number of hydrogen-bond acceptors (Lipinski definition) is 0. The molecule has 0 fully saturated rings. The van der Waals surface area contributed by atoms with E-state index in [1.54, 1.807) is 0 Å². The third kappa shape index (κ3) is 2.62. The van der Waals surface area contributed by atoms with Crippen LogP contribution in [0.4, 0.5) is 0 Å². The zero-order valence-electron chi connectivity index (χ0n) is 11.2. The first-order valence-electron chi connectivity index (χ1n) is 5.66. The van der Waals surface area contributed by atoms with Crippen LogP contribution in [0.5, 0.6) is 0 Å². The van der Waals surface area contributed by atoms with Crippen molar-refractivity contribution in [2.75, 3.05) is 0 Å². The predicted octanol–water partition coefficient (Wildman–Crippen LogP) is 4.39. The van der Waals surface area contributed by atoms with Crippen LogP contribution < -0.4 is 0 Å². The Bertz CT molecular complexity index is 345. The van der Waals surface area contributed by atoms with E-state index in [9.17, 15) is 0 Å². The van der Waals surface area contributed by atoms with Crippen molar-refractivity contribution in [2.24, 2.45) is 0 Å². The summed E-state index contributed by atoms with van der Waals surface area (Å²) in [5.41, 5.74) is 4.60. The van der Waals surface area contributed by atoms with Crippen molar-refractivity contribution in [1.82, 2.24) is 0 Å². The van der Waals surface area contributed by atoms with Gasteiger partial charge >= 0.3 is 0 Å². The Hall–Kier alpha value is -0.780. The van der Waals surface area contributed by atoms with Crippen LogP contribution in [-0.4, -0.2) is 0 Å². The van der Waals surface area contributed by atoms with Crippen LogP contribution in [0.1, 0.15) is 58.2 Å². The van der Waals surface area contributed by atoms with E-state index in [1.165, 1.54) is 16.7 Å². The molecule has 1 aromatic rings. The summed E-state index contributed by atoms with van der Waals surface area (Å²) in [7, 11) is 0. The normalized spacial score (nSPS) is 13.0. The summed E-state index contributed by atoms with van der Waals surface area (Å²) in [4.78, 5) is 0. The maximum Gasteiger partial charge on any atom is -0.0126 e. The summed E-state index contributed by atoms with van der Waals surface area (Å²) in [6.45, 7) is 15.8. The van der Waals surface area contributed by atoms with E-state index in [2.05, 4.69) is 60.6 Å². The van der Waals surface area contributed by atoms with E-state index in [4.69, 9.17) is 0 Å². The number of benzene rings is 1. The Labute approximate surface area is 94.7 Å². The second kappa shape index (κ2) is 3.66. The van der Waals surface area contributed by atoms with Crippen molar-refractivity contribution in [2.45, 2.75) is 59.3 Å². The lowest BCUT2D eigenvalue weighted by atomic mass is 9.73. The lowest BCUT2D eigenvalue weighted by molar-refractivity contribution is 0.527. The van der Waals surface area contributed by atoms with E-state index in [-0.39, 0.29) is 10.8 Å². The molecule has 0 aliphatic carbocycles. The molecule has 0 atom stereocenters. The van der Waals surface area contributed by atoms with Gasteiger partial charge in [-0.25, -0.2) is 0 Å². The summed E-state index contributed by atoms with van der Waals surface area (Å²) in [5.74, 6) is 0. The maximum absolute atomic E-state index is 3.32. The minimum atomic E-state index is 0.199. The lowest BCUT2D eigenvalue weighted by Crippen LogP contribution is -2.23. The van der Waals surface area contributed by atoms with E-state index in [0.29, 0.717) is 0 Å². The molecule has 0 bridgehead atoms. The van der Waals surface area contributed by atoms with Crippen LogP contribution in [0.2, 0.25) is 0 Å². The summed E-state index contributed by atoms with van der Waals surface area (Å²) in [6.07, 6.45) is 0. The SMILES string of the molecule is Cc1[c]ccc(C(C)(C)C)c1C(C)(C)C. The van der Waals surface area contributed by atoms with Crippen LogP contribution in [0.25, 0.3) is 0 Å². The molecule has 0 nitrogen and oxygen atoms in total. The van der Waals surface area contributed by atoms with E-state index in [1.807, 2.05) is 6.07 Å². The van der Waals surface area contributed by atoms with Crippen LogP contribution in [0, 0.1) is 13.0 Å². The fourth-order valence-electron chi connectivity index (χ4n) is 2.20. The van der Waals surface area contributed by atoms with Crippen molar-refractivity contribution in [1.29, 1.82) is 0 Å². The van der Waals surface area contributed by atoms with Crippen LogP contribution in [0.3, 0.4) is 0 Å². The molecule has 0 unspecified atom stereocenters. The van der Waals surface area contributed by atoms with Gasteiger partial charge in [0.15, 0.2) is 0 Å². The Kier molecular flexibility index (Phi) is 3.00. The molecule has 0 aliphatic rings. The topological polar surface area (TPSA) is 0 Å². The van der Waals surface area contributed by atoms with Gasteiger partial charge in [0, 0.05) is 0 Å². The minimum Gasteiger partial charge on any atom is -0.0576 e. The second-order valence-electron chi connectivity index (χ2n) is 6.39. The molecule has 1 aromatic carbocycles. The summed E-state index contributed by atoms with van der Waals surface area (Å²) < 4.78 is 0. The van der Waals surface area contributed by atoms with Crippen LogP contribution in [-0.2, 0) is 10.8 Å². The van der Waals surface area contributed by atoms with Gasteiger partial charge in [0.25, 0.3) is 0 Å². The Morgan fingerprint density at radius 2 is 1.47 bits per heavy atom. The molecular formula is C15H23. The van der Waals surface area contributed by atoms with Gasteiger partial charge in [0.2, 0.25) is 0 Å². The molecule has 1 radical (unpaired) electrons. The van der Waals surface area contributed by atoms with Crippen molar-refractivity contribution in [3.05, 3.63) is 34.9 Å². The van der Waals surface area contributed by atoms with Gasteiger partial charge < -0.3 is 0 Å². The van der Waals surface area contributed by atoms with Crippen molar-refractivity contribution in [3.8, 4) is 0 Å². The smallest absolute Gasteiger partial charge is 0.0126 e. The largest absolute Gasteiger partial charge is 0.0576 e. The fraction of sp³-hybridized carbons (Fsp3) is 0.600. The molecule has 0 aliphatic heterocycles. The lowest BCUT2D eigenvalue weighted by Gasteiger charge is -2.31. The molecule has 0 heterocycles. The Balaban J connectivity index is 3.48. The van der Waals surface area contributed by atoms with Gasteiger partial charge in [-0.1, -0.05) is 53.7 Å². The van der Waals surface area contributed by atoms with Gasteiger partial charge in [-0.2, -0.15) is 0 Å². The third-order valence-electron chi connectivity index (χ3n) is 2.75. The van der Waals surface area contributed by atoms with Gasteiger partial charge in [-0.15, -0.1) is 0 Å². The number of aryl methyl sites for hydroxylation is 1. The highest BCUT2D eigenvalue weighted by atomic mass is 14.3. The first-order chi connectivity index (χ1) is 6.64. The van der Waals surface area contributed by atoms with Crippen LogP contribution >= 0.6 is 0 Å². The molecule has 0 heteroatoms. The van der Waals surface area contributed by atoms with E-state index >= 15 is 0 Å². The maximum atomic E-state index is 3.32. The first kappa shape index (κ1) is 12.3. The Morgan fingerprint density at radius 3 is 1.80 bits per heavy atom. The average molecular weight is 203 g/mol. The minimum absolute atomic E-state index is 0.199. The molecule has 0 saturated heterocycles. The average Bonchev–Trinajstić information content (AvgIpc) is 1.99. The van der Waals surface area contributed by atoms with E-state index in [0.717, 1.165) is 0 Å². The van der Waals surface area contributed by atoms with Gasteiger partial charge in [-0.3, -0.25) is 0 Å². The monoisotopic (exact) mass is 203 g/mol. The molecule has 15 heavy (non-hydrogen) atoms. The highest BCUT2D eigenvalue weighted by Gasteiger charge is 2.25. The van der Waals surface area contributed by atoms with Gasteiger partial charge in [0.1, 0.15) is 0 Å². The zero-order valence-corrected chi connectivity index (χ0v) is 11.2. The van der Waals surface area contributed by atoms with Crippen molar-refractivity contribution >= 4 is 0 Å². The molecule has 0 amide bonds. The number of rotatable bonds is 0. The Morgan fingerprint density at radius 1 is 0.933 bits per heavy atom. The highest BCUT2D eigenvalue weighted by molar-refractivity contribution is 5.42. The van der Waals surface area contributed by atoms with E-state index < -0.39 is 0 Å². The molecular weight excluding hydrogens is 180 g/mol. The molecule has 0 saturated carbocycles. The predicted molar refractivity (Wildman–Crippen MR) is 67.4 cm³/mol. The standard InChI is InChI=1S/C15H23/c1-11-9-8-10-12(14(2,3)4)13(11)15(5,6)7/h8,10H,1-7H3. The second-order valence-corrected chi connectivity index (χ2v) is 6.39. The molecule has 0 aromatic heterocycles. The summed E-state index contributed by atoms with van der Waals surface area (Å²) in [5, 5.41) is 0.